The Morgan fingerprint density at radius 2 is 1.67 bits per heavy atom. The van der Waals surface area contributed by atoms with Crippen LogP contribution in [0, 0.1) is 5.82 Å². The predicted octanol–water partition coefficient (Wildman–Crippen LogP) is 5.05. The van der Waals surface area contributed by atoms with E-state index in [0.717, 1.165) is 5.56 Å². The van der Waals surface area contributed by atoms with Gasteiger partial charge in [-0.15, -0.1) is 5.73 Å². The lowest BCUT2D eigenvalue weighted by molar-refractivity contribution is 0.582. The Hall–Kier alpha value is -1.88. The van der Waals surface area contributed by atoms with Crippen molar-refractivity contribution >= 4 is 17.8 Å². The maximum Gasteiger partial charge on any atom is 0.153 e. The van der Waals surface area contributed by atoms with Crippen LogP contribution in [-0.2, 0) is 4.57 Å². The molecule has 0 N–H and O–H groups in total. The van der Waals surface area contributed by atoms with Crippen molar-refractivity contribution in [2.24, 2.45) is 0 Å². The summed E-state index contributed by atoms with van der Waals surface area (Å²) in [5, 5.41) is 1.23. The van der Waals surface area contributed by atoms with Crippen molar-refractivity contribution < 1.29 is 8.96 Å². The van der Waals surface area contributed by atoms with E-state index in [2.05, 4.69) is 12.3 Å². The van der Waals surface area contributed by atoms with Gasteiger partial charge in [0.1, 0.15) is 5.82 Å². The summed E-state index contributed by atoms with van der Waals surface area (Å²) in [6.07, 6.45) is 0. The fraction of sp³-hybridized carbons (Fsp3) is 0.167. The number of hydrogen-bond acceptors (Lipinski definition) is 1. The monoisotopic (exact) mass is 300 g/mol. The fourth-order valence-corrected chi connectivity index (χ4v) is 5.09. The van der Waals surface area contributed by atoms with E-state index in [0.29, 0.717) is 10.6 Å². The summed E-state index contributed by atoms with van der Waals surface area (Å²) in [6.45, 7) is 7.53. The number of rotatable bonds is 4. The molecule has 2 aromatic carbocycles. The van der Waals surface area contributed by atoms with E-state index in [1.807, 2.05) is 44.2 Å². The van der Waals surface area contributed by atoms with Crippen molar-refractivity contribution in [1.29, 1.82) is 0 Å². The van der Waals surface area contributed by atoms with Crippen molar-refractivity contribution in [1.82, 2.24) is 0 Å². The second-order valence-corrected chi connectivity index (χ2v) is 8.43. The van der Waals surface area contributed by atoms with Gasteiger partial charge in [0.05, 0.1) is 5.31 Å². The number of hydrogen-bond donors (Lipinski definition) is 0. The Balaban J connectivity index is 2.65. The van der Waals surface area contributed by atoms with Gasteiger partial charge in [0.2, 0.25) is 0 Å². The Bertz CT molecular complexity index is 711. The van der Waals surface area contributed by atoms with E-state index < -0.39 is 7.14 Å². The van der Waals surface area contributed by atoms with Crippen molar-refractivity contribution in [2.75, 3.05) is 0 Å². The molecule has 0 aliphatic carbocycles. The molecule has 3 heteroatoms. The summed E-state index contributed by atoms with van der Waals surface area (Å²) in [5.41, 5.74) is 3.59. The third-order valence-corrected chi connectivity index (χ3v) is 7.08. The average Bonchev–Trinajstić information content (AvgIpc) is 2.49. The van der Waals surface area contributed by atoms with E-state index in [9.17, 15) is 8.96 Å². The fourth-order valence-electron chi connectivity index (χ4n) is 2.36. The van der Waals surface area contributed by atoms with Gasteiger partial charge in [0.25, 0.3) is 0 Å². The molecule has 1 atom stereocenters. The Morgan fingerprint density at radius 1 is 1.10 bits per heavy atom. The highest BCUT2D eigenvalue weighted by atomic mass is 31.2. The molecule has 0 aliphatic rings. The summed E-state index contributed by atoms with van der Waals surface area (Å²) >= 11 is 0. The highest BCUT2D eigenvalue weighted by molar-refractivity contribution is 7.81. The summed E-state index contributed by atoms with van der Waals surface area (Å²) < 4.78 is 26.9. The second-order valence-electron chi connectivity index (χ2n) is 5.12. The average molecular weight is 300 g/mol. The van der Waals surface area contributed by atoms with Crippen LogP contribution >= 0.6 is 7.14 Å². The van der Waals surface area contributed by atoms with Gasteiger partial charge in [0, 0.05) is 11.0 Å². The lowest BCUT2D eigenvalue weighted by Crippen LogP contribution is -2.13. The molecule has 0 unspecified atom stereocenters. The van der Waals surface area contributed by atoms with E-state index in [-0.39, 0.29) is 11.5 Å². The van der Waals surface area contributed by atoms with Gasteiger partial charge in [-0.3, -0.25) is 0 Å². The lowest BCUT2D eigenvalue weighted by atomic mass is 10.2. The van der Waals surface area contributed by atoms with Crippen LogP contribution in [0.1, 0.15) is 19.4 Å². The molecule has 21 heavy (non-hydrogen) atoms. The second kappa shape index (κ2) is 6.26. The molecule has 0 saturated heterocycles. The molecule has 2 rings (SSSR count). The van der Waals surface area contributed by atoms with Crippen LogP contribution in [0.25, 0.3) is 5.31 Å². The van der Waals surface area contributed by atoms with Gasteiger partial charge >= 0.3 is 0 Å². The third-order valence-electron chi connectivity index (χ3n) is 3.48. The number of benzene rings is 2. The van der Waals surface area contributed by atoms with Crippen LogP contribution in [0.2, 0.25) is 0 Å². The molecule has 0 fully saturated rings. The first kappa shape index (κ1) is 15.5. The van der Waals surface area contributed by atoms with Crippen molar-refractivity contribution in [3.05, 3.63) is 78.3 Å². The highest BCUT2D eigenvalue weighted by Gasteiger charge is 2.34. The molecular weight excluding hydrogens is 282 g/mol. The van der Waals surface area contributed by atoms with Crippen LogP contribution in [-0.4, -0.2) is 5.66 Å². The molecular formula is C18H18FOP. The van der Waals surface area contributed by atoms with E-state index in [1.165, 1.54) is 12.1 Å². The first-order valence-electron chi connectivity index (χ1n) is 6.82. The Morgan fingerprint density at radius 3 is 2.14 bits per heavy atom. The lowest BCUT2D eigenvalue weighted by Gasteiger charge is -2.24. The summed E-state index contributed by atoms with van der Waals surface area (Å²) in [6, 6.07) is 15.4. The minimum atomic E-state index is -2.92. The van der Waals surface area contributed by atoms with E-state index >= 15 is 0 Å². The maximum atomic E-state index is 13.7. The van der Waals surface area contributed by atoms with Crippen molar-refractivity contribution in [3.8, 4) is 0 Å². The minimum Gasteiger partial charge on any atom is -0.313 e. The molecule has 0 radical (unpaired) electrons. The highest BCUT2D eigenvalue weighted by Crippen LogP contribution is 2.60. The van der Waals surface area contributed by atoms with Gasteiger partial charge in [0.15, 0.2) is 7.14 Å². The minimum absolute atomic E-state index is 0.118. The molecule has 0 heterocycles. The maximum absolute atomic E-state index is 13.7. The van der Waals surface area contributed by atoms with Gasteiger partial charge < -0.3 is 4.57 Å². The standard InChI is InChI=1S/C18H18FOP/c1-4-18(15-8-6-5-7-9-15)21(20,14(2)3)17-12-10-16(19)11-13-17/h5-14H,1H2,2-3H3/t21-/m0/s1. The van der Waals surface area contributed by atoms with E-state index in [4.69, 9.17) is 0 Å². The number of halogens is 1. The molecule has 0 spiro atoms. The summed E-state index contributed by atoms with van der Waals surface area (Å²) in [7, 11) is -2.92. The normalized spacial score (nSPS) is 13.5. The molecule has 0 bridgehead atoms. The SMILES string of the molecule is C=C=C(c1ccccc1)[P@@](=O)(c1ccc(F)cc1)C(C)C. The third kappa shape index (κ3) is 2.93. The molecule has 0 aromatic heterocycles. The van der Waals surface area contributed by atoms with Crippen LogP contribution < -0.4 is 5.30 Å². The molecule has 2 aromatic rings. The predicted molar refractivity (Wildman–Crippen MR) is 87.8 cm³/mol. The molecule has 1 nitrogen and oxygen atoms in total. The zero-order chi connectivity index (χ0) is 15.5. The molecule has 0 saturated carbocycles. The molecule has 108 valence electrons. The molecule has 0 amide bonds. The largest absolute Gasteiger partial charge is 0.313 e. The van der Waals surface area contributed by atoms with Crippen LogP contribution in [0.4, 0.5) is 4.39 Å². The van der Waals surface area contributed by atoms with Crippen molar-refractivity contribution in [3.63, 3.8) is 0 Å². The van der Waals surface area contributed by atoms with Gasteiger partial charge in [-0.25, -0.2) is 4.39 Å². The Labute approximate surface area is 125 Å². The Kier molecular flexibility index (Phi) is 4.63. The quantitative estimate of drug-likeness (QED) is 0.570. The smallest absolute Gasteiger partial charge is 0.153 e. The van der Waals surface area contributed by atoms with Gasteiger partial charge in [-0.1, -0.05) is 50.8 Å². The first-order valence-corrected chi connectivity index (χ1v) is 8.59. The zero-order valence-electron chi connectivity index (χ0n) is 12.2. The molecule has 0 aliphatic heterocycles. The first-order chi connectivity index (χ1) is 10.00. The van der Waals surface area contributed by atoms with Crippen molar-refractivity contribution in [2.45, 2.75) is 19.5 Å². The van der Waals surface area contributed by atoms with Crippen LogP contribution in [0.5, 0.6) is 0 Å². The summed E-state index contributed by atoms with van der Waals surface area (Å²) in [5.74, 6) is -0.335. The van der Waals surface area contributed by atoms with Crippen LogP contribution in [0.15, 0.2) is 66.9 Å². The topological polar surface area (TPSA) is 17.1 Å². The summed E-state index contributed by atoms with van der Waals surface area (Å²) in [4.78, 5) is 0. The van der Waals surface area contributed by atoms with Gasteiger partial charge in [-0.05, 0) is 29.8 Å². The van der Waals surface area contributed by atoms with Gasteiger partial charge in [-0.2, -0.15) is 0 Å². The van der Waals surface area contributed by atoms with E-state index in [1.54, 1.807) is 12.1 Å². The van der Waals surface area contributed by atoms with Crippen LogP contribution in [0.3, 0.4) is 0 Å². The zero-order valence-corrected chi connectivity index (χ0v) is 13.1.